The molecular weight excluding hydrogens is 266 g/mol. The number of aromatic nitrogens is 3. The standard InChI is InChI=1S/C11H15N5O4/c17-7-3-8(10(18)19)16(4-7)11(20)14-1-2-15-6-12-13-9(15)5-14/h6-8,17H,1-5H2,(H,18,19)/t7-,8-/m0/s1. The minimum absolute atomic E-state index is 0.0546. The van der Waals surface area contributed by atoms with Gasteiger partial charge in [0.05, 0.1) is 12.6 Å². The van der Waals surface area contributed by atoms with E-state index in [0.717, 1.165) is 0 Å². The number of nitrogens with zero attached hydrogens (tertiary/aromatic N) is 5. The third-order valence-corrected chi connectivity index (χ3v) is 3.72. The molecule has 2 aliphatic rings. The number of likely N-dealkylation sites (tertiary alicyclic amines) is 1. The van der Waals surface area contributed by atoms with Crippen molar-refractivity contribution in [3.8, 4) is 0 Å². The van der Waals surface area contributed by atoms with Gasteiger partial charge in [0, 0.05) is 26.1 Å². The van der Waals surface area contributed by atoms with Gasteiger partial charge in [-0.05, 0) is 0 Å². The molecule has 0 bridgehead atoms. The molecule has 1 fully saturated rings. The van der Waals surface area contributed by atoms with E-state index in [1.54, 1.807) is 6.33 Å². The summed E-state index contributed by atoms with van der Waals surface area (Å²) in [6.07, 6.45) is 0.899. The third kappa shape index (κ3) is 2.09. The van der Waals surface area contributed by atoms with Gasteiger partial charge in [0.25, 0.3) is 0 Å². The Morgan fingerprint density at radius 3 is 2.90 bits per heavy atom. The Kier molecular flexibility index (Phi) is 3.05. The van der Waals surface area contributed by atoms with E-state index in [4.69, 9.17) is 5.11 Å². The zero-order chi connectivity index (χ0) is 14.3. The summed E-state index contributed by atoms with van der Waals surface area (Å²) in [7, 11) is 0. The first-order chi connectivity index (χ1) is 9.56. The normalized spacial score (nSPS) is 25.6. The highest BCUT2D eigenvalue weighted by Gasteiger charge is 2.41. The Hall–Kier alpha value is -2.16. The van der Waals surface area contributed by atoms with Gasteiger partial charge in [0.1, 0.15) is 12.4 Å². The van der Waals surface area contributed by atoms with Crippen LogP contribution < -0.4 is 0 Å². The van der Waals surface area contributed by atoms with Crippen LogP contribution in [0.2, 0.25) is 0 Å². The number of amides is 2. The van der Waals surface area contributed by atoms with E-state index in [2.05, 4.69) is 10.2 Å². The molecule has 0 aromatic carbocycles. The van der Waals surface area contributed by atoms with E-state index < -0.39 is 18.1 Å². The average Bonchev–Trinajstić information content (AvgIpc) is 3.02. The van der Waals surface area contributed by atoms with Gasteiger partial charge in [-0.15, -0.1) is 10.2 Å². The molecule has 2 amide bonds. The zero-order valence-corrected chi connectivity index (χ0v) is 10.7. The summed E-state index contributed by atoms with van der Waals surface area (Å²) in [6, 6.07) is -1.33. The van der Waals surface area contributed by atoms with Crippen molar-refractivity contribution in [1.82, 2.24) is 24.6 Å². The van der Waals surface area contributed by atoms with Crippen molar-refractivity contribution in [2.75, 3.05) is 13.1 Å². The molecule has 2 atom stereocenters. The van der Waals surface area contributed by atoms with Crippen molar-refractivity contribution in [3.63, 3.8) is 0 Å². The summed E-state index contributed by atoms with van der Waals surface area (Å²) < 4.78 is 1.86. The maximum atomic E-state index is 12.4. The van der Waals surface area contributed by atoms with Crippen molar-refractivity contribution in [1.29, 1.82) is 0 Å². The van der Waals surface area contributed by atoms with Crippen molar-refractivity contribution in [2.24, 2.45) is 0 Å². The molecule has 1 aromatic rings. The van der Waals surface area contributed by atoms with Gasteiger partial charge in [-0.1, -0.05) is 0 Å². The largest absolute Gasteiger partial charge is 0.480 e. The fraction of sp³-hybridized carbons (Fsp3) is 0.636. The molecule has 0 radical (unpaired) electrons. The number of carbonyl (C=O) groups excluding carboxylic acids is 1. The Balaban J connectivity index is 1.74. The van der Waals surface area contributed by atoms with Gasteiger partial charge in [-0.3, -0.25) is 0 Å². The molecule has 9 nitrogen and oxygen atoms in total. The van der Waals surface area contributed by atoms with E-state index in [1.165, 1.54) is 9.80 Å². The SMILES string of the molecule is O=C(O)[C@@H]1C[C@H](O)CN1C(=O)N1CCn2cnnc2C1. The first kappa shape index (κ1) is 12.9. The number of hydrogen-bond donors (Lipinski definition) is 2. The fourth-order valence-corrected chi connectivity index (χ4v) is 2.67. The first-order valence-corrected chi connectivity index (χ1v) is 6.39. The van der Waals surface area contributed by atoms with Gasteiger partial charge in [0.2, 0.25) is 0 Å². The van der Waals surface area contributed by atoms with Gasteiger partial charge in [0.15, 0.2) is 5.82 Å². The van der Waals surface area contributed by atoms with Gasteiger partial charge < -0.3 is 24.6 Å². The van der Waals surface area contributed by atoms with Crippen LogP contribution in [0.1, 0.15) is 12.2 Å². The fourth-order valence-electron chi connectivity index (χ4n) is 2.67. The van der Waals surface area contributed by atoms with Crippen molar-refractivity contribution in [3.05, 3.63) is 12.2 Å². The highest BCUT2D eigenvalue weighted by atomic mass is 16.4. The summed E-state index contributed by atoms with van der Waals surface area (Å²) in [5.41, 5.74) is 0. The van der Waals surface area contributed by atoms with E-state index >= 15 is 0 Å². The van der Waals surface area contributed by atoms with Crippen molar-refractivity contribution < 1.29 is 19.8 Å². The molecule has 3 heterocycles. The van der Waals surface area contributed by atoms with Crippen LogP contribution in [-0.4, -0.2) is 72.0 Å². The number of aliphatic carboxylic acids is 1. The first-order valence-electron chi connectivity index (χ1n) is 6.39. The number of urea groups is 1. The Morgan fingerprint density at radius 2 is 2.15 bits per heavy atom. The monoisotopic (exact) mass is 281 g/mol. The zero-order valence-electron chi connectivity index (χ0n) is 10.7. The van der Waals surface area contributed by atoms with E-state index in [0.29, 0.717) is 25.5 Å². The Morgan fingerprint density at radius 1 is 1.35 bits per heavy atom. The van der Waals surface area contributed by atoms with Crippen LogP contribution in [0.15, 0.2) is 6.33 Å². The lowest BCUT2D eigenvalue weighted by Crippen LogP contribution is -2.50. The van der Waals surface area contributed by atoms with Crippen LogP contribution >= 0.6 is 0 Å². The van der Waals surface area contributed by atoms with Gasteiger partial charge in [-0.2, -0.15) is 0 Å². The van der Waals surface area contributed by atoms with Crippen molar-refractivity contribution in [2.45, 2.75) is 31.7 Å². The molecule has 20 heavy (non-hydrogen) atoms. The predicted octanol–water partition coefficient (Wildman–Crippen LogP) is -1.27. The molecule has 9 heteroatoms. The summed E-state index contributed by atoms with van der Waals surface area (Å²) in [4.78, 5) is 26.3. The molecular formula is C11H15N5O4. The van der Waals surface area contributed by atoms with Crippen LogP contribution in [0.4, 0.5) is 4.79 Å². The second kappa shape index (κ2) is 4.75. The van der Waals surface area contributed by atoms with Crippen LogP contribution in [0.3, 0.4) is 0 Å². The predicted molar refractivity (Wildman–Crippen MR) is 64.6 cm³/mol. The molecule has 1 aromatic heterocycles. The molecule has 2 aliphatic heterocycles. The topological polar surface area (TPSA) is 112 Å². The minimum atomic E-state index is -1.09. The minimum Gasteiger partial charge on any atom is -0.480 e. The number of carbonyl (C=O) groups is 2. The summed E-state index contributed by atoms with van der Waals surface area (Å²) >= 11 is 0. The van der Waals surface area contributed by atoms with Crippen LogP contribution in [0.5, 0.6) is 0 Å². The second-order valence-electron chi connectivity index (χ2n) is 5.04. The van der Waals surface area contributed by atoms with Crippen LogP contribution in [0.25, 0.3) is 0 Å². The number of carboxylic acid groups (broad SMARTS) is 1. The molecule has 108 valence electrons. The maximum Gasteiger partial charge on any atom is 0.326 e. The maximum absolute atomic E-state index is 12.4. The number of β-amino-alcohol motifs (C(OH)–C–C–N with tert-alkyl or cyclic N) is 1. The van der Waals surface area contributed by atoms with E-state index in [1.807, 2.05) is 4.57 Å². The number of carboxylic acids is 1. The molecule has 0 spiro atoms. The highest BCUT2D eigenvalue weighted by molar-refractivity contribution is 5.83. The quantitative estimate of drug-likeness (QED) is 0.664. The summed E-state index contributed by atoms with van der Waals surface area (Å²) in [6.45, 7) is 1.42. The van der Waals surface area contributed by atoms with Crippen LogP contribution in [0, 0.1) is 0 Å². The van der Waals surface area contributed by atoms with Crippen LogP contribution in [-0.2, 0) is 17.9 Å². The summed E-state index contributed by atoms with van der Waals surface area (Å²) in [5, 5.41) is 26.4. The smallest absolute Gasteiger partial charge is 0.326 e. The lowest BCUT2D eigenvalue weighted by atomic mass is 10.2. The molecule has 0 unspecified atom stereocenters. The third-order valence-electron chi connectivity index (χ3n) is 3.72. The van der Waals surface area contributed by atoms with E-state index in [9.17, 15) is 14.7 Å². The molecule has 3 rings (SSSR count). The lowest BCUT2D eigenvalue weighted by molar-refractivity contribution is -0.141. The molecule has 0 saturated carbocycles. The second-order valence-corrected chi connectivity index (χ2v) is 5.04. The Labute approximate surface area is 114 Å². The Bertz CT molecular complexity index is 545. The number of aliphatic hydroxyl groups is 1. The van der Waals surface area contributed by atoms with E-state index in [-0.39, 0.29) is 19.0 Å². The highest BCUT2D eigenvalue weighted by Crippen LogP contribution is 2.21. The average molecular weight is 281 g/mol. The van der Waals surface area contributed by atoms with Crippen molar-refractivity contribution >= 4 is 12.0 Å². The molecule has 0 aliphatic carbocycles. The lowest BCUT2D eigenvalue weighted by Gasteiger charge is -2.32. The van der Waals surface area contributed by atoms with Gasteiger partial charge in [-0.25, -0.2) is 9.59 Å². The number of rotatable bonds is 1. The number of aliphatic hydroxyl groups excluding tert-OH is 1. The number of fused-ring (bicyclic) bond motifs is 1. The molecule has 2 N–H and O–H groups in total. The summed E-state index contributed by atoms with van der Waals surface area (Å²) in [5.74, 6) is -0.411. The van der Waals surface area contributed by atoms with Gasteiger partial charge >= 0.3 is 12.0 Å². The number of hydrogen-bond acceptors (Lipinski definition) is 5. The molecule has 1 saturated heterocycles.